The zero-order chi connectivity index (χ0) is 34.0. The summed E-state index contributed by atoms with van der Waals surface area (Å²) >= 11 is 0. The highest BCUT2D eigenvalue weighted by Crippen LogP contribution is 2.32. The molecule has 0 atom stereocenters. The molecule has 2 aliphatic rings. The second-order valence-corrected chi connectivity index (χ2v) is 13.6. The van der Waals surface area contributed by atoms with Gasteiger partial charge < -0.3 is 25.3 Å². The standard InChI is InChI=1S/C41H50N6O2/c1-45(2)37-21-15-31(16-22-37)34-29-38(32-11-17-35(18-12-32)42-40(48)9-7-27-46-23-3-4-24-46)44-39(30-34)33-13-19-36(20-14-33)43-41(49)10-8-28-47-25-5-6-26-47/h11-22,29-30H,3-10,23-28H2,1-2H3,(H,42,48)(H,43,49). The molecule has 1 aromatic heterocycles. The molecule has 2 saturated heterocycles. The monoisotopic (exact) mass is 658 g/mol. The van der Waals surface area contributed by atoms with Crippen LogP contribution in [0.25, 0.3) is 33.6 Å². The third kappa shape index (κ3) is 9.77. The Morgan fingerprint density at radius 3 is 1.41 bits per heavy atom. The van der Waals surface area contributed by atoms with Crippen molar-refractivity contribution in [2.45, 2.75) is 51.4 Å². The molecule has 256 valence electrons. The van der Waals surface area contributed by atoms with Crippen LogP contribution in [-0.2, 0) is 9.59 Å². The van der Waals surface area contributed by atoms with Crippen molar-refractivity contribution in [2.75, 3.05) is 68.9 Å². The fraction of sp³-hybridized carbons (Fsp3) is 0.390. The van der Waals surface area contributed by atoms with Gasteiger partial charge in [-0.1, -0.05) is 36.4 Å². The molecule has 4 aromatic rings. The summed E-state index contributed by atoms with van der Waals surface area (Å²) in [6.45, 7) is 6.61. The van der Waals surface area contributed by atoms with Gasteiger partial charge in [-0.05, 0) is 137 Å². The van der Waals surface area contributed by atoms with E-state index in [1.807, 2.05) is 62.6 Å². The summed E-state index contributed by atoms with van der Waals surface area (Å²) < 4.78 is 0. The summed E-state index contributed by atoms with van der Waals surface area (Å²) in [5.41, 5.74) is 8.53. The van der Waals surface area contributed by atoms with Crippen LogP contribution in [0.2, 0.25) is 0 Å². The van der Waals surface area contributed by atoms with Gasteiger partial charge >= 0.3 is 0 Å². The molecule has 0 spiro atoms. The van der Waals surface area contributed by atoms with Crippen LogP contribution in [-0.4, -0.2) is 80.0 Å². The van der Waals surface area contributed by atoms with Gasteiger partial charge in [0.2, 0.25) is 11.8 Å². The number of likely N-dealkylation sites (tertiary alicyclic amines) is 2. The number of nitrogens with one attached hydrogen (secondary N) is 2. The van der Waals surface area contributed by atoms with Gasteiger partial charge in [-0.15, -0.1) is 0 Å². The molecule has 2 aliphatic heterocycles. The van der Waals surface area contributed by atoms with E-state index in [9.17, 15) is 9.59 Å². The molecule has 8 heteroatoms. The number of amides is 2. The van der Waals surface area contributed by atoms with Crippen LogP contribution in [0.3, 0.4) is 0 Å². The quantitative estimate of drug-likeness (QED) is 0.144. The van der Waals surface area contributed by atoms with Crippen LogP contribution in [0, 0.1) is 0 Å². The lowest BCUT2D eigenvalue weighted by Crippen LogP contribution is -2.22. The average molecular weight is 659 g/mol. The molecule has 2 N–H and O–H groups in total. The minimum absolute atomic E-state index is 0.0530. The Hall–Kier alpha value is -4.53. The van der Waals surface area contributed by atoms with Crippen molar-refractivity contribution in [3.05, 3.63) is 84.9 Å². The van der Waals surface area contributed by atoms with Gasteiger partial charge in [0.15, 0.2) is 0 Å². The second-order valence-electron chi connectivity index (χ2n) is 13.6. The molecule has 0 saturated carbocycles. The van der Waals surface area contributed by atoms with Crippen LogP contribution in [0.1, 0.15) is 51.4 Å². The number of benzene rings is 3. The molecule has 8 nitrogen and oxygen atoms in total. The molecular weight excluding hydrogens is 608 g/mol. The van der Waals surface area contributed by atoms with Crippen LogP contribution < -0.4 is 15.5 Å². The van der Waals surface area contributed by atoms with Crippen LogP contribution >= 0.6 is 0 Å². The van der Waals surface area contributed by atoms with E-state index in [2.05, 4.69) is 61.7 Å². The van der Waals surface area contributed by atoms with Crippen molar-refractivity contribution < 1.29 is 9.59 Å². The predicted octanol–water partition coefficient (Wildman–Crippen LogP) is 7.78. The first-order valence-corrected chi connectivity index (χ1v) is 17.9. The Labute approximate surface area is 291 Å². The van der Waals surface area contributed by atoms with Gasteiger partial charge in [0.1, 0.15) is 0 Å². The molecule has 0 unspecified atom stereocenters. The number of carbonyl (C=O) groups is 2. The number of carbonyl (C=O) groups excluding carboxylic acids is 2. The van der Waals surface area contributed by atoms with Crippen molar-refractivity contribution in [1.29, 1.82) is 0 Å². The molecule has 2 fully saturated rings. The number of aromatic nitrogens is 1. The van der Waals surface area contributed by atoms with E-state index in [0.717, 1.165) is 103 Å². The van der Waals surface area contributed by atoms with Crippen LogP contribution in [0.15, 0.2) is 84.9 Å². The average Bonchev–Trinajstić information content (AvgIpc) is 3.84. The molecule has 3 heterocycles. The summed E-state index contributed by atoms with van der Waals surface area (Å²) in [6, 6.07) is 28.7. The summed E-state index contributed by atoms with van der Waals surface area (Å²) in [5, 5.41) is 6.13. The zero-order valence-corrected chi connectivity index (χ0v) is 29.1. The summed E-state index contributed by atoms with van der Waals surface area (Å²) in [6.07, 6.45) is 7.89. The van der Waals surface area contributed by atoms with E-state index in [0.29, 0.717) is 12.8 Å². The van der Waals surface area contributed by atoms with Gasteiger partial charge in [0.05, 0.1) is 11.4 Å². The molecule has 2 amide bonds. The number of rotatable bonds is 14. The first kappa shape index (κ1) is 34.3. The van der Waals surface area contributed by atoms with Crippen molar-refractivity contribution >= 4 is 28.9 Å². The fourth-order valence-electron chi connectivity index (χ4n) is 6.78. The van der Waals surface area contributed by atoms with Crippen LogP contribution in [0.4, 0.5) is 17.1 Å². The van der Waals surface area contributed by atoms with Crippen molar-refractivity contribution in [3.63, 3.8) is 0 Å². The lowest BCUT2D eigenvalue weighted by molar-refractivity contribution is -0.117. The topological polar surface area (TPSA) is 80.8 Å². The van der Waals surface area contributed by atoms with Crippen molar-refractivity contribution in [3.8, 4) is 33.6 Å². The maximum absolute atomic E-state index is 12.6. The van der Waals surface area contributed by atoms with Crippen molar-refractivity contribution in [1.82, 2.24) is 14.8 Å². The molecular formula is C41H50N6O2. The van der Waals surface area contributed by atoms with E-state index in [-0.39, 0.29) is 11.8 Å². The van der Waals surface area contributed by atoms with Gasteiger partial charge in [0, 0.05) is 55.1 Å². The molecule has 0 bridgehead atoms. The van der Waals surface area contributed by atoms with E-state index in [4.69, 9.17) is 4.98 Å². The van der Waals surface area contributed by atoms with E-state index in [1.165, 1.54) is 25.7 Å². The number of anilines is 3. The maximum atomic E-state index is 12.6. The summed E-state index contributed by atoms with van der Waals surface area (Å²) in [7, 11) is 4.08. The van der Waals surface area contributed by atoms with E-state index in [1.54, 1.807) is 0 Å². The van der Waals surface area contributed by atoms with Gasteiger partial charge in [-0.3, -0.25) is 9.59 Å². The van der Waals surface area contributed by atoms with E-state index >= 15 is 0 Å². The van der Waals surface area contributed by atoms with Gasteiger partial charge in [-0.2, -0.15) is 0 Å². The highest BCUT2D eigenvalue weighted by atomic mass is 16.2. The first-order chi connectivity index (χ1) is 23.9. The van der Waals surface area contributed by atoms with E-state index < -0.39 is 0 Å². The van der Waals surface area contributed by atoms with Crippen molar-refractivity contribution in [2.24, 2.45) is 0 Å². The molecule has 6 rings (SSSR count). The lowest BCUT2D eigenvalue weighted by Gasteiger charge is -2.15. The first-order valence-electron chi connectivity index (χ1n) is 17.9. The lowest BCUT2D eigenvalue weighted by atomic mass is 9.99. The summed E-state index contributed by atoms with van der Waals surface area (Å²) in [5.74, 6) is 0.106. The minimum atomic E-state index is 0.0530. The Balaban J connectivity index is 1.16. The molecule has 3 aromatic carbocycles. The Morgan fingerprint density at radius 2 is 1.00 bits per heavy atom. The SMILES string of the molecule is CN(C)c1ccc(-c2cc(-c3ccc(NC(=O)CCCN4CCCC4)cc3)nc(-c3ccc(NC(=O)CCCN4CCCC4)cc3)c2)cc1. The number of nitrogens with zero attached hydrogens (tertiary/aromatic N) is 4. The number of pyridine rings is 1. The minimum Gasteiger partial charge on any atom is -0.378 e. The number of hydrogen-bond donors (Lipinski definition) is 2. The summed E-state index contributed by atoms with van der Waals surface area (Å²) in [4.78, 5) is 37.3. The molecule has 0 aliphatic carbocycles. The Morgan fingerprint density at radius 1 is 0.592 bits per heavy atom. The largest absolute Gasteiger partial charge is 0.378 e. The molecule has 49 heavy (non-hydrogen) atoms. The zero-order valence-electron chi connectivity index (χ0n) is 29.1. The van der Waals surface area contributed by atoms with Gasteiger partial charge in [-0.25, -0.2) is 4.98 Å². The third-order valence-electron chi connectivity index (χ3n) is 9.62. The highest BCUT2D eigenvalue weighted by molar-refractivity contribution is 5.92. The smallest absolute Gasteiger partial charge is 0.224 e. The Kier molecular flexibility index (Phi) is 11.7. The number of hydrogen-bond acceptors (Lipinski definition) is 6. The third-order valence-corrected chi connectivity index (χ3v) is 9.62. The normalized spacial score (nSPS) is 15.0. The van der Waals surface area contributed by atoms with Gasteiger partial charge in [0.25, 0.3) is 0 Å². The maximum Gasteiger partial charge on any atom is 0.224 e. The van der Waals surface area contributed by atoms with Crippen LogP contribution in [0.5, 0.6) is 0 Å². The fourth-order valence-corrected chi connectivity index (χ4v) is 6.78. The molecule has 0 radical (unpaired) electrons. The second kappa shape index (κ2) is 16.7. The highest BCUT2D eigenvalue weighted by Gasteiger charge is 2.14. The predicted molar refractivity (Wildman–Crippen MR) is 202 cm³/mol. The Bertz CT molecular complexity index is 1580.